The van der Waals surface area contributed by atoms with Gasteiger partial charge in [-0.3, -0.25) is 0 Å². The van der Waals surface area contributed by atoms with Crippen molar-refractivity contribution in [1.82, 2.24) is 10.3 Å². The Morgan fingerprint density at radius 2 is 2.22 bits per heavy atom. The Labute approximate surface area is 110 Å². The Balaban J connectivity index is 1.86. The molecule has 0 aliphatic carbocycles. The van der Waals surface area contributed by atoms with E-state index < -0.39 is 0 Å². The molecule has 0 bridgehead atoms. The van der Waals surface area contributed by atoms with Gasteiger partial charge in [0.2, 0.25) is 0 Å². The summed E-state index contributed by atoms with van der Waals surface area (Å²) < 4.78 is 0. The van der Waals surface area contributed by atoms with E-state index in [1.807, 2.05) is 6.20 Å². The molecule has 3 nitrogen and oxygen atoms in total. The lowest BCUT2D eigenvalue weighted by Crippen LogP contribution is -2.33. The molecule has 1 aromatic rings. The molecule has 1 atom stereocenters. The fraction of sp³-hybridized carbons (Fsp3) is 0.667. The summed E-state index contributed by atoms with van der Waals surface area (Å²) in [5.74, 6) is 1.73. The van der Waals surface area contributed by atoms with Crippen molar-refractivity contribution in [2.45, 2.75) is 39.0 Å². The average Bonchev–Trinajstić information content (AvgIpc) is 2.37. The molecule has 100 valence electrons. The number of anilines is 1. The van der Waals surface area contributed by atoms with Crippen LogP contribution in [0.15, 0.2) is 18.3 Å². The van der Waals surface area contributed by atoms with E-state index in [9.17, 15) is 0 Å². The number of aromatic nitrogens is 1. The maximum Gasteiger partial charge on any atom is 0.125 e. The third kappa shape index (κ3) is 3.70. The van der Waals surface area contributed by atoms with Crippen LogP contribution in [-0.4, -0.2) is 24.6 Å². The summed E-state index contributed by atoms with van der Waals surface area (Å²) in [4.78, 5) is 4.50. The molecule has 0 radical (unpaired) electrons. The summed E-state index contributed by atoms with van der Waals surface area (Å²) in [7, 11) is 0. The van der Waals surface area contributed by atoms with Crippen molar-refractivity contribution < 1.29 is 0 Å². The molecular formula is C15H25N3. The van der Waals surface area contributed by atoms with Gasteiger partial charge in [-0.2, -0.15) is 0 Å². The van der Waals surface area contributed by atoms with Crippen LogP contribution >= 0.6 is 0 Å². The van der Waals surface area contributed by atoms with Gasteiger partial charge in [-0.25, -0.2) is 4.98 Å². The first-order chi connectivity index (χ1) is 8.55. The van der Waals surface area contributed by atoms with Crippen molar-refractivity contribution in [3.05, 3.63) is 23.9 Å². The fourth-order valence-corrected chi connectivity index (χ4v) is 2.29. The SMILES string of the molecule is CC(C)(C)c1ccc(NCC2CCCNC2)nc1. The van der Waals surface area contributed by atoms with Crippen molar-refractivity contribution >= 4 is 5.82 Å². The van der Waals surface area contributed by atoms with Gasteiger partial charge in [-0.15, -0.1) is 0 Å². The van der Waals surface area contributed by atoms with Gasteiger partial charge in [0, 0.05) is 12.7 Å². The molecule has 18 heavy (non-hydrogen) atoms. The molecule has 2 heterocycles. The highest BCUT2D eigenvalue weighted by molar-refractivity contribution is 5.37. The lowest BCUT2D eigenvalue weighted by atomic mass is 9.88. The molecule has 1 fully saturated rings. The first kappa shape index (κ1) is 13.3. The molecule has 3 heteroatoms. The summed E-state index contributed by atoms with van der Waals surface area (Å²) in [6.07, 6.45) is 4.60. The second-order valence-electron chi connectivity index (χ2n) is 6.28. The second kappa shape index (κ2) is 5.70. The van der Waals surface area contributed by atoms with Crippen LogP contribution in [0.3, 0.4) is 0 Å². The van der Waals surface area contributed by atoms with Crippen molar-refractivity contribution in [3.8, 4) is 0 Å². The minimum Gasteiger partial charge on any atom is -0.370 e. The molecule has 1 saturated heterocycles. The lowest BCUT2D eigenvalue weighted by molar-refractivity contribution is 0.392. The summed E-state index contributed by atoms with van der Waals surface area (Å²) in [6.45, 7) is 9.97. The van der Waals surface area contributed by atoms with Crippen LogP contribution in [0.2, 0.25) is 0 Å². The third-order valence-electron chi connectivity index (χ3n) is 3.60. The minimum absolute atomic E-state index is 0.179. The van der Waals surface area contributed by atoms with Crippen LogP contribution in [0.25, 0.3) is 0 Å². The van der Waals surface area contributed by atoms with E-state index in [4.69, 9.17) is 0 Å². The minimum atomic E-state index is 0.179. The topological polar surface area (TPSA) is 37.0 Å². The highest BCUT2D eigenvalue weighted by Gasteiger charge is 2.15. The van der Waals surface area contributed by atoms with Crippen molar-refractivity contribution in [2.75, 3.05) is 25.0 Å². The Hall–Kier alpha value is -1.09. The molecule has 0 aromatic carbocycles. The van der Waals surface area contributed by atoms with Gasteiger partial charge in [-0.05, 0) is 48.9 Å². The van der Waals surface area contributed by atoms with Crippen molar-refractivity contribution in [1.29, 1.82) is 0 Å². The van der Waals surface area contributed by atoms with Gasteiger partial charge in [-0.1, -0.05) is 26.8 Å². The number of hydrogen-bond acceptors (Lipinski definition) is 3. The van der Waals surface area contributed by atoms with Crippen LogP contribution < -0.4 is 10.6 Å². The lowest BCUT2D eigenvalue weighted by Gasteiger charge is -2.23. The first-order valence-corrected chi connectivity index (χ1v) is 6.97. The van der Waals surface area contributed by atoms with E-state index in [0.29, 0.717) is 0 Å². The average molecular weight is 247 g/mol. The molecule has 0 saturated carbocycles. The van der Waals surface area contributed by atoms with Crippen LogP contribution in [-0.2, 0) is 5.41 Å². The largest absolute Gasteiger partial charge is 0.370 e. The Morgan fingerprint density at radius 1 is 1.39 bits per heavy atom. The number of piperidine rings is 1. The van der Waals surface area contributed by atoms with Crippen LogP contribution in [0, 0.1) is 5.92 Å². The fourth-order valence-electron chi connectivity index (χ4n) is 2.29. The number of nitrogens with one attached hydrogen (secondary N) is 2. The monoisotopic (exact) mass is 247 g/mol. The predicted octanol–water partition coefficient (Wildman–Crippen LogP) is 2.79. The summed E-state index contributed by atoms with van der Waals surface area (Å²) in [5, 5.41) is 6.88. The second-order valence-corrected chi connectivity index (χ2v) is 6.28. The quantitative estimate of drug-likeness (QED) is 0.862. The molecule has 1 aliphatic rings. The number of pyridine rings is 1. The van der Waals surface area contributed by atoms with Gasteiger partial charge in [0.25, 0.3) is 0 Å². The van der Waals surface area contributed by atoms with Gasteiger partial charge in [0.15, 0.2) is 0 Å². The smallest absolute Gasteiger partial charge is 0.125 e. The van der Waals surface area contributed by atoms with Crippen LogP contribution in [0.4, 0.5) is 5.82 Å². The van der Waals surface area contributed by atoms with E-state index in [1.165, 1.54) is 24.9 Å². The molecule has 1 aromatic heterocycles. The van der Waals surface area contributed by atoms with E-state index in [0.717, 1.165) is 24.8 Å². The van der Waals surface area contributed by atoms with E-state index in [-0.39, 0.29) is 5.41 Å². The van der Waals surface area contributed by atoms with Crippen molar-refractivity contribution in [3.63, 3.8) is 0 Å². The maximum absolute atomic E-state index is 4.50. The Morgan fingerprint density at radius 3 is 2.78 bits per heavy atom. The molecule has 0 spiro atoms. The van der Waals surface area contributed by atoms with E-state index in [2.05, 4.69) is 48.5 Å². The first-order valence-electron chi connectivity index (χ1n) is 6.97. The van der Waals surface area contributed by atoms with Crippen LogP contribution in [0.5, 0.6) is 0 Å². The predicted molar refractivity (Wildman–Crippen MR) is 77.0 cm³/mol. The summed E-state index contributed by atoms with van der Waals surface area (Å²) in [6, 6.07) is 4.27. The zero-order valence-corrected chi connectivity index (χ0v) is 11.8. The van der Waals surface area contributed by atoms with Crippen molar-refractivity contribution in [2.24, 2.45) is 5.92 Å². The normalized spacial score (nSPS) is 20.7. The van der Waals surface area contributed by atoms with Crippen LogP contribution in [0.1, 0.15) is 39.2 Å². The molecule has 1 unspecified atom stereocenters. The Bertz CT molecular complexity index is 358. The standard InChI is InChI=1S/C15H25N3/c1-15(2,3)13-6-7-14(18-11-13)17-10-12-5-4-8-16-9-12/h6-7,11-12,16H,4-5,8-10H2,1-3H3,(H,17,18). The third-order valence-corrected chi connectivity index (χ3v) is 3.60. The van der Waals surface area contributed by atoms with E-state index in [1.54, 1.807) is 0 Å². The Kier molecular flexibility index (Phi) is 4.23. The van der Waals surface area contributed by atoms with Gasteiger partial charge < -0.3 is 10.6 Å². The van der Waals surface area contributed by atoms with Gasteiger partial charge >= 0.3 is 0 Å². The van der Waals surface area contributed by atoms with E-state index >= 15 is 0 Å². The molecule has 0 amide bonds. The van der Waals surface area contributed by atoms with Gasteiger partial charge in [0.1, 0.15) is 5.82 Å². The highest BCUT2D eigenvalue weighted by atomic mass is 15.0. The summed E-state index contributed by atoms with van der Waals surface area (Å²) in [5.41, 5.74) is 1.46. The highest BCUT2D eigenvalue weighted by Crippen LogP contribution is 2.22. The molecule has 2 rings (SSSR count). The number of hydrogen-bond donors (Lipinski definition) is 2. The van der Waals surface area contributed by atoms with Gasteiger partial charge in [0.05, 0.1) is 0 Å². The number of rotatable bonds is 3. The zero-order valence-electron chi connectivity index (χ0n) is 11.8. The molecule has 1 aliphatic heterocycles. The molecule has 2 N–H and O–H groups in total. The summed E-state index contributed by atoms with van der Waals surface area (Å²) >= 11 is 0. The number of nitrogens with zero attached hydrogens (tertiary/aromatic N) is 1. The maximum atomic E-state index is 4.50. The molecular weight excluding hydrogens is 222 g/mol. The zero-order chi connectivity index (χ0) is 13.0.